The van der Waals surface area contributed by atoms with Crippen LogP contribution >= 0.6 is 0 Å². The lowest BCUT2D eigenvalue weighted by Crippen LogP contribution is -2.45. The van der Waals surface area contributed by atoms with E-state index in [1.54, 1.807) is 25.3 Å². The van der Waals surface area contributed by atoms with Crippen molar-refractivity contribution in [1.82, 2.24) is 10.2 Å². The minimum Gasteiger partial charge on any atom is -0.497 e. The molecule has 9 heteroatoms. The summed E-state index contributed by atoms with van der Waals surface area (Å²) in [5.74, 6) is 2.07. The zero-order chi connectivity index (χ0) is 29.1. The van der Waals surface area contributed by atoms with Gasteiger partial charge in [-0.3, -0.25) is 9.59 Å². The monoisotopic (exact) mass is 556 g/mol. The fraction of sp³-hybridized carbons (Fsp3) is 0.548. The summed E-state index contributed by atoms with van der Waals surface area (Å²) in [5.41, 5.74) is 1.41. The van der Waals surface area contributed by atoms with Gasteiger partial charge in [0.25, 0.3) is 5.91 Å². The van der Waals surface area contributed by atoms with Crippen molar-refractivity contribution in [3.63, 3.8) is 0 Å². The first-order valence-corrected chi connectivity index (χ1v) is 14.1. The molecule has 0 atom stereocenters. The van der Waals surface area contributed by atoms with Crippen LogP contribution in [0.4, 0.5) is 0 Å². The molecule has 1 amide bonds. The molecule has 0 spiro atoms. The molecule has 1 N–H and O–H groups in total. The Morgan fingerprint density at radius 1 is 0.875 bits per heavy atom. The van der Waals surface area contributed by atoms with Gasteiger partial charge in [-0.15, -0.1) is 0 Å². The zero-order valence-corrected chi connectivity index (χ0v) is 24.7. The van der Waals surface area contributed by atoms with Crippen LogP contribution in [-0.4, -0.2) is 68.9 Å². The van der Waals surface area contributed by atoms with Crippen LogP contribution in [0.3, 0.4) is 0 Å². The first kappa shape index (κ1) is 31.1. The van der Waals surface area contributed by atoms with Crippen LogP contribution in [0.1, 0.15) is 69.3 Å². The number of hydrogen-bond acceptors (Lipinski definition) is 8. The number of methoxy groups -OCH3 is 2. The van der Waals surface area contributed by atoms with Crippen molar-refractivity contribution in [3.05, 3.63) is 47.5 Å². The Morgan fingerprint density at radius 2 is 1.48 bits per heavy atom. The van der Waals surface area contributed by atoms with Gasteiger partial charge in [0.1, 0.15) is 23.0 Å². The average Bonchev–Trinajstić information content (AvgIpc) is 2.93. The third-order valence-electron chi connectivity index (χ3n) is 6.43. The number of rotatable bonds is 14. The van der Waals surface area contributed by atoms with Gasteiger partial charge < -0.3 is 33.9 Å². The second kappa shape index (κ2) is 15.4. The van der Waals surface area contributed by atoms with Crippen molar-refractivity contribution in [1.29, 1.82) is 0 Å². The maximum absolute atomic E-state index is 14.1. The number of nitrogens with one attached hydrogen (secondary N) is 1. The van der Waals surface area contributed by atoms with Gasteiger partial charge in [-0.2, -0.15) is 0 Å². The molecule has 2 aromatic carbocycles. The Bertz CT molecular complexity index is 1080. The fourth-order valence-electron chi connectivity index (χ4n) is 4.65. The summed E-state index contributed by atoms with van der Waals surface area (Å²) in [7, 11) is 2.93. The molecular formula is C31H44N2O7. The minimum atomic E-state index is -0.285. The first-order valence-electron chi connectivity index (χ1n) is 14.1. The number of piperidine rings is 1. The number of carbonyl (C=O) groups is 2. The normalized spacial score (nSPS) is 13.7. The van der Waals surface area contributed by atoms with Crippen molar-refractivity contribution in [2.45, 2.75) is 78.2 Å². The Hall–Kier alpha value is -3.46. The van der Waals surface area contributed by atoms with Crippen molar-refractivity contribution in [2.24, 2.45) is 0 Å². The lowest BCUT2D eigenvalue weighted by atomic mass is 10.0. The number of amides is 1. The van der Waals surface area contributed by atoms with E-state index in [-0.39, 0.29) is 36.5 Å². The number of nitrogens with zero attached hydrogens (tertiary/aromatic N) is 1. The van der Waals surface area contributed by atoms with Crippen molar-refractivity contribution < 1.29 is 33.3 Å². The Labute approximate surface area is 238 Å². The standard InChI is InChI=1S/C31H44N2O7/c1-21(2)39-28-14-23(15-29(19-28)40-22(3)4)20-33(25-9-11-32-12-10-25)31(35)24-16-26(36-5)18-27(17-24)38-13-7-8-30(34)37-6/h14-19,21-22,25,32H,7-13,20H2,1-6H3. The second-order valence-corrected chi connectivity index (χ2v) is 10.5. The molecule has 0 aliphatic carbocycles. The molecule has 1 fully saturated rings. The van der Waals surface area contributed by atoms with Gasteiger partial charge in [0.2, 0.25) is 0 Å². The van der Waals surface area contributed by atoms with Gasteiger partial charge in [0, 0.05) is 36.7 Å². The molecule has 1 saturated heterocycles. The van der Waals surface area contributed by atoms with Crippen molar-refractivity contribution >= 4 is 11.9 Å². The van der Waals surface area contributed by atoms with Gasteiger partial charge in [-0.25, -0.2) is 0 Å². The number of hydrogen-bond donors (Lipinski definition) is 1. The van der Waals surface area contributed by atoms with Crippen LogP contribution < -0.4 is 24.3 Å². The quantitative estimate of drug-likeness (QED) is 0.257. The predicted molar refractivity (Wildman–Crippen MR) is 153 cm³/mol. The lowest BCUT2D eigenvalue weighted by molar-refractivity contribution is -0.140. The molecule has 220 valence electrons. The molecule has 0 saturated carbocycles. The van der Waals surface area contributed by atoms with Gasteiger partial charge in [0.15, 0.2) is 0 Å². The second-order valence-electron chi connectivity index (χ2n) is 10.5. The van der Waals surface area contributed by atoms with Crippen LogP contribution in [0.2, 0.25) is 0 Å². The molecule has 3 rings (SSSR count). The maximum atomic E-state index is 14.1. The van der Waals surface area contributed by atoms with E-state index in [9.17, 15) is 9.59 Å². The van der Waals surface area contributed by atoms with E-state index >= 15 is 0 Å². The average molecular weight is 557 g/mol. The summed E-state index contributed by atoms with van der Waals surface area (Å²) < 4.78 is 28.1. The molecule has 1 aliphatic rings. The van der Waals surface area contributed by atoms with Crippen LogP contribution in [0, 0.1) is 0 Å². The minimum absolute atomic E-state index is 0.00660. The van der Waals surface area contributed by atoms with E-state index in [0.717, 1.165) is 31.5 Å². The fourth-order valence-corrected chi connectivity index (χ4v) is 4.65. The number of ether oxygens (including phenoxy) is 5. The van der Waals surface area contributed by atoms with Gasteiger partial charge in [-0.1, -0.05) is 0 Å². The summed E-state index contributed by atoms with van der Waals surface area (Å²) in [6.45, 7) is 10.3. The highest BCUT2D eigenvalue weighted by Crippen LogP contribution is 2.29. The molecular weight excluding hydrogens is 512 g/mol. The van der Waals surface area contributed by atoms with E-state index in [1.807, 2.05) is 50.8 Å². The van der Waals surface area contributed by atoms with E-state index in [1.165, 1.54) is 7.11 Å². The van der Waals surface area contributed by atoms with E-state index in [4.69, 9.17) is 18.9 Å². The maximum Gasteiger partial charge on any atom is 0.305 e. The summed E-state index contributed by atoms with van der Waals surface area (Å²) in [5, 5.41) is 3.39. The molecule has 40 heavy (non-hydrogen) atoms. The number of carbonyl (C=O) groups excluding carboxylic acids is 2. The summed E-state index contributed by atoms with van der Waals surface area (Å²) in [6, 6.07) is 11.1. The van der Waals surface area contributed by atoms with Crippen LogP contribution in [0.15, 0.2) is 36.4 Å². The number of benzene rings is 2. The molecule has 2 aromatic rings. The molecule has 0 unspecified atom stereocenters. The summed E-state index contributed by atoms with van der Waals surface area (Å²) in [4.78, 5) is 27.5. The molecule has 1 heterocycles. The summed E-state index contributed by atoms with van der Waals surface area (Å²) in [6.07, 6.45) is 2.48. The zero-order valence-electron chi connectivity index (χ0n) is 24.7. The molecule has 0 aromatic heterocycles. The van der Waals surface area contributed by atoms with Crippen LogP contribution in [-0.2, 0) is 16.1 Å². The van der Waals surface area contributed by atoms with E-state index in [2.05, 4.69) is 10.1 Å². The van der Waals surface area contributed by atoms with Gasteiger partial charge in [0.05, 0.1) is 33.0 Å². The largest absolute Gasteiger partial charge is 0.497 e. The Balaban J connectivity index is 1.90. The predicted octanol–water partition coefficient (Wildman–Crippen LogP) is 5.00. The molecule has 1 aliphatic heterocycles. The van der Waals surface area contributed by atoms with Crippen molar-refractivity contribution in [2.75, 3.05) is 33.9 Å². The Kier molecular flexibility index (Phi) is 11.9. The van der Waals surface area contributed by atoms with Crippen molar-refractivity contribution in [3.8, 4) is 23.0 Å². The third kappa shape index (κ3) is 9.62. The Morgan fingerprint density at radius 3 is 2.05 bits per heavy atom. The highest BCUT2D eigenvalue weighted by molar-refractivity contribution is 5.95. The molecule has 9 nitrogen and oxygen atoms in total. The highest BCUT2D eigenvalue weighted by atomic mass is 16.5. The third-order valence-corrected chi connectivity index (χ3v) is 6.43. The molecule has 0 bridgehead atoms. The van der Waals surface area contributed by atoms with E-state index < -0.39 is 0 Å². The van der Waals surface area contributed by atoms with Crippen LogP contribution in [0.5, 0.6) is 23.0 Å². The van der Waals surface area contributed by atoms with E-state index in [0.29, 0.717) is 48.1 Å². The smallest absolute Gasteiger partial charge is 0.305 e. The highest BCUT2D eigenvalue weighted by Gasteiger charge is 2.28. The molecule has 0 radical (unpaired) electrons. The number of esters is 1. The van der Waals surface area contributed by atoms with Gasteiger partial charge >= 0.3 is 5.97 Å². The lowest BCUT2D eigenvalue weighted by Gasteiger charge is -2.35. The SMILES string of the molecule is COC(=O)CCCOc1cc(OC)cc(C(=O)N(Cc2cc(OC(C)C)cc(OC(C)C)c2)C2CCNCC2)c1. The summed E-state index contributed by atoms with van der Waals surface area (Å²) >= 11 is 0. The van der Waals surface area contributed by atoms with Gasteiger partial charge in [-0.05, 0) is 89.9 Å². The topological polar surface area (TPSA) is 95.6 Å². The van der Waals surface area contributed by atoms with Crippen LogP contribution in [0.25, 0.3) is 0 Å². The first-order chi connectivity index (χ1) is 19.2.